The maximum Gasteiger partial charge on any atom is 0.345 e. The van der Waals surface area contributed by atoms with Gasteiger partial charge in [-0.15, -0.1) is 0 Å². The normalized spacial score (nSPS) is 12.3. The van der Waals surface area contributed by atoms with Gasteiger partial charge in [-0.2, -0.15) is 0 Å². The minimum Gasteiger partial charge on any atom is -0.462 e. The van der Waals surface area contributed by atoms with E-state index in [0.29, 0.717) is 10.2 Å². The largest absolute Gasteiger partial charge is 0.462 e. The third-order valence-corrected chi connectivity index (χ3v) is 4.77. The van der Waals surface area contributed by atoms with E-state index in [-0.39, 0.29) is 5.97 Å². The Balaban J connectivity index is 3.81. The molecule has 2 nitrogen and oxygen atoms in total. The average molecular weight is 459 g/mol. The molecule has 0 fully saturated rings. The molecule has 0 atom stereocenters. The van der Waals surface area contributed by atoms with E-state index >= 15 is 0 Å². The lowest BCUT2D eigenvalue weighted by atomic mass is 10.4. The zero-order chi connectivity index (χ0) is 9.56. The number of unbranched alkanes of at least 4 members (excludes halogenated alkanes) is 1. The molecule has 70 valence electrons. The van der Waals surface area contributed by atoms with E-state index in [1.807, 2.05) is 45.2 Å². The molecule has 0 saturated heterocycles. The Kier molecular flexibility index (Phi) is 8.27. The first-order valence-corrected chi connectivity index (χ1v) is 6.42. The minimum absolute atomic E-state index is 0.245. The van der Waals surface area contributed by atoms with Crippen LogP contribution in [0, 0.1) is 0 Å². The Labute approximate surface area is 108 Å². The quantitative estimate of drug-likeness (QED) is 0.277. The SMILES string of the molecule is CCCCOC(=O)/C(I)=C(\Br)I. The average Bonchev–Trinajstić information content (AvgIpc) is 2.03. The molecule has 0 aliphatic heterocycles. The second-order valence-corrected chi connectivity index (χ2v) is 6.50. The van der Waals surface area contributed by atoms with E-state index in [0.717, 1.165) is 15.3 Å². The van der Waals surface area contributed by atoms with Gasteiger partial charge in [0.1, 0.15) is 3.58 Å². The zero-order valence-corrected chi connectivity index (χ0v) is 12.5. The third kappa shape index (κ3) is 5.74. The highest BCUT2D eigenvalue weighted by molar-refractivity contribution is 14.1. The van der Waals surface area contributed by atoms with Crippen LogP contribution in [0.3, 0.4) is 0 Å². The number of halogens is 3. The van der Waals surface area contributed by atoms with Crippen LogP contribution in [0.2, 0.25) is 0 Å². The Bertz CT molecular complexity index is 188. The standard InChI is InChI=1S/C7H9BrI2O2/c1-2-3-4-12-7(11)5(9)6(8)10/h2-4H2,1H3/b6-5-. The van der Waals surface area contributed by atoms with Gasteiger partial charge in [0, 0.05) is 0 Å². The van der Waals surface area contributed by atoms with Crippen LogP contribution in [-0.4, -0.2) is 12.6 Å². The van der Waals surface area contributed by atoms with E-state index in [9.17, 15) is 4.79 Å². The second kappa shape index (κ2) is 7.54. The Hall–Kier alpha value is 1.15. The third-order valence-electron chi connectivity index (χ3n) is 1.08. The molecule has 12 heavy (non-hydrogen) atoms. The second-order valence-electron chi connectivity index (χ2n) is 2.06. The Morgan fingerprint density at radius 1 is 1.50 bits per heavy atom. The van der Waals surface area contributed by atoms with Crippen molar-refractivity contribution in [1.29, 1.82) is 0 Å². The molecule has 0 rings (SSSR count). The predicted octanol–water partition coefficient (Wildman–Crippen LogP) is 3.76. The predicted molar refractivity (Wildman–Crippen MR) is 69.9 cm³/mol. The lowest BCUT2D eigenvalue weighted by Gasteiger charge is -2.02. The Morgan fingerprint density at radius 3 is 2.50 bits per heavy atom. The number of hydrogen-bond acceptors (Lipinski definition) is 2. The Morgan fingerprint density at radius 2 is 2.08 bits per heavy atom. The van der Waals surface area contributed by atoms with Crippen LogP contribution in [-0.2, 0) is 9.53 Å². The molecule has 0 aliphatic carbocycles. The first-order valence-electron chi connectivity index (χ1n) is 3.47. The van der Waals surface area contributed by atoms with Gasteiger partial charge in [0.15, 0.2) is 0 Å². The molecule has 0 unspecified atom stereocenters. The molecule has 0 saturated carbocycles. The molecule has 0 aliphatic rings. The number of carbonyl (C=O) groups is 1. The molecular formula is C7H9BrI2O2. The van der Waals surface area contributed by atoms with E-state index in [2.05, 4.69) is 22.9 Å². The fourth-order valence-corrected chi connectivity index (χ4v) is 0.987. The van der Waals surface area contributed by atoms with E-state index in [4.69, 9.17) is 4.74 Å². The summed E-state index contributed by atoms with van der Waals surface area (Å²) in [5, 5.41) is 0. The summed E-state index contributed by atoms with van der Waals surface area (Å²) >= 11 is 7.20. The number of ether oxygens (including phenoxy) is 1. The maximum absolute atomic E-state index is 11.1. The van der Waals surface area contributed by atoms with Crippen LogP contribution in [0.1, 0.15) is 19.8 Å². The van der Waals surface area contributed by atoms with Crippen molar-refractivity contribution < 1.29 is 9.53 Å². The van der Waals surface area contributed by atoms with Gasteiger partial charge >= 0.3 is 5.97 Å². The molecule has 0 N–H and O–H groups in total. The van der Waals surface area contributed by atoms with Crippen molar-refractivity contribution in [3.05, 3.63) is 6.07 Å². The van der Waals surface area contributed by atoms with Gasteiger partial charge in [-0.1, -0.05) is 13.3 Å². The summed E-state index contributed by atoms with van der Waals surface area (Å²) in [4.78, 5) is 11.1. The number of carbonyl (C=O) groups excluding carboxylic acids is 1. The fourth-order valence-electron chi connectivity index (χ4n) is 0.450. The first-order chi connectivity index (χ1) is 5.59. The van der Waals surface area contributed by atoms with Crippen LogP contribution in [0.15, 0.2) is 6.07 Å². The maximum atomic E-state index is 11.1. The topological polar surface area (TPSA) is 26.3 Å². The number of hydrogen-bond donors (Lipinski definition) is 0. The first kappa shape index (κ1) is 13.2. The van der Waals surface area contributed by atoms with Gasteiger partial charge in [-0.3, -0.25) is 0 Å². The highest BCUT2D eigenvalue weighted by atomic mass is 127. The van der Waals surface area contributed by atoms with Gasteiger partial charge < -0.3 is 4.74 Å². The highest BCUT2D eigenvalue weighted by Gasteiger charge is 2.09. The summed E-state index contributed by atoms with van der Waals surface area (Å²) in [6.45, 7) is 2.57. The minimum atomic E-state index is -0.245. The summed E-state index contributed by atoms with van der Waals surface area (Å²) in [6.07, 6.45) is 1.97. The molecule has 0 radical (unpaired) electrons. The highest BCUT2D eigenvalue weighted by Crippen LogP contribution is 2.25. The zero-order valence-electron chi connectivity index (χ0n) is 6.57. The smallest absolute Gasteiger partial charge is 0.345 e. The summed E-state index contributed by atoms with van der Waals surface area (Å²) in [5.41, 5.74) is 0. The van der Waals surface area contributed by atoms with Gasteiger partial charge in [0.25, 0.3) is 0 Å². The molecule has 0 aromatic carbocycles. The van der Waals surface area contributed by atoms with Gasteiger partial charge in [-0.25, -0.2) is 4.79 Å². The monoisotopic (exact) mass is 458 g/mol. The van der Waals surface area contributed by atoms with Crippen LogP contribution in [0.5, 0.6) is 0 Å². The van der Waals surface area contributed by atoms with E-state index in [1.165, 1.54) is 0 Å². The summed E-state index contributed by atoms with van der Waals surface area (Å²) in [6, 6.07) is 0. The summed E-state index contributed by atoms with van der Waals surface area (Å²) in [5.74, 6) is -0.245. The summed E-state index contributed by atoms with van der Waals surface area (Å²) in [7, 11) is 0. The number of rotatable bonds is 4. The van der Waals surface area contributed by atoms with Crippen LogP contribution in [0.4, 0.5) is 0 Å². The molecular weight excluding hydrogens is 450 g/mol. The summed E-state index contributed by atoms with van der Waals surface area (Å²) < 4.78 is 6.36. The lowest BCUT2D eigenvalue weighted by Crippen LogP contribution is -2.05. The van der Waals surface area contributed by atoms with Gasteiger partial charge in [0.2, 0.25) is 0 Å². The lowest BCUT2D eigenvalue weighted by molar-refractivity contribution is -0.138. The van der Waals surface area contributed by atoms with E-state index in [1.54, 1.807) is 0 Å². The van der Waals surface area contributed by atoms with Gasteiger partial charge in [0.05, 0.1) is 9.10 Å². The molecule has 0 aromatic rings. The van der Waals surface area contributed by atoms with Crippen molar-refractivity contribution in [3.63, 3.8) is 0 Å². The van der Waals surface area contributed by atoms with Crippen LogP contribution in [0.25, 0.3) is 0 Å². The van der Waals surface area contributed by atoms with Crippen molar-refractivity contribution in [2.45, 2.75) is 19.8 Å². The molecule has 0 heterocycles. The van der Waals surface area contributed by atoms with Crippen molar-refractivity contribution in [2.75, 3.05) is 6.61 Å². The van der Waals surface area contributed by atoms with Crippen molar-refractivity contribution in [2.24, 2.45) is 0 Å². The molecule has 5 heteroatoms. The fraction of sp³-hybridized carbons (Fsp3) is 0.571. The van der Waals surface area contributed by atoms with E-state index < -0.39 is 0 Å². The molecule has 0 bridgehead atoms. The van der Waals surface area contributed by atoms with Crippen LogP contribution < -0.4 is 0 Å². The number of esters is 1. The van der Waals surface area contributed by atoms with Crippen molar-refractivity contribution in [3.8, 4) is 0 Å². The van der Waals surface area contributed by atoms with Crippen molar-refractivity contribution >= 4 is 67.1 Å². The molecule has 0 aromatic heterocycles. The van der Waals surface area contributed by atoms with Crippen LogP contribution >= 0.6 is 61.1 Å². The van der Waals surface area contributed by atoms with Gasteiger partial charge in [-0.05, 0) is 67.5 Å². The van der Waals surface area contributed by atoms with Crippen molar-refractivity contribution in [1.82, 2.24) is 0 Å². The molecule has 0 amide bonds. The molecule has 0 spiro atoms.